The van der Waals surface area contributed by atoms with Crippen molar-refractivity contribution in [1.82, 2.24) is 5.32 Å². The monoisotopic (exact) mass is 158 g/mol. The van der Waals surface area contributed by atoms with Gasteiger partial charge in [0, 0.05) is 13.6 Å². The van der Waals surface area contributed by atoms with E-state index in [0.29, 0.717) is 6.54 Å². The second-order valence-electron chi connectivity index (χ2n) is 2.69. The van der Waals surface area contributed by atoms with Crippen molar-refractivity contribution in [3.63, 3.8) is 0 Å². The SMILES string of the molecule is CCCCC(CN)C(=O)NC. The Bertz CT molecular complexity index is 115. The van der Waals surface area contributed by atoms with Crippen molar-refractivity contribution in [2.75, 3.05) is 13.6 Å². The zero-order valence-corrected chi connectivity index (χ0v) is 7.39. The van der Waals surface area contributed by atoms with Gasteiger partial charge in [-0.25, -0.2) is 0 Å². The highest BCUT2D eigenvalue weighted by Gasteiger charge is 2.13. The Kier molecular flexibility index (Phi) is 5.84. The topological polar surface area (TPSA) is 55.1 Å². The summed E-state index contributed by atoms with van der Waals surface area (Å²) in [6.45, 7) is 2.57. The minimum absolute atomic E-state index is 0.0138. The maximum atomic E-state index is 11.1. The van der Waals surface area contributed by atoms with Gasteiger partial charge in [0.15, 0.2) is 0 Å². The van der Waals surface area contributed by atoms with E-state index < -0.39 is 0 Å². The second kappa shape index (κ2) is 6.16. The Morgan fingerprint density at radius 1 is 1.64 bits per heavy atom. The van der Waals surface area contributed by atoms with Gasteiger partial charge in [0.2, 0.25) is 5.91 Å². The molecular weight excluding hydrogens is 140 g/mol. The number of amides is 1. The highest BCUT2D eigenvalue weighted by molar-refractivity contribution is 5.78. The van der Waals surface area contributed by atoms with Gasteiger partial charge in [0.05, 0.1) is 5.92 Å². The van der Waals surface area contributed by atoms with Crippen molar-refractivity contribution in [2.45, 2.75) is 26.2 Å². The molecule has 0 aliphatic carbocycles. The number of unbranched alkanes of at least 4 members (excludes halogenated alkanes) is 1. The molecule has 0 saturated heterocycles. The van der Waals surface area contributed by atoms with Crippen molar-refractivity contribution < 1.29 is 4.79 Å². The normalized spacial score (nSPS) is 12.6. The number of nitrogens with two attached hydrogens (primary N) is 1. The van der Waals surface area contributed by atoms with Crippen LogP contribution in [0.25, 0.3) is 0 Å². The summed E-state index contributed by atoms with van der Waals surface area (Å²) in [6.07, 6.45) is 3.11. The average molecular weight is 158 g/mol. The summed E-state index contributed by atoms with van der Waals surface area (Å²) in [5.74, 6) is 0.0842. The summed E-state index contributed by atoms with van der Waals surface area (Å²) in [5.41, 5.74) is 5.43. The lowest BCUT2D eigenvalue weighted by molar-refractivity contribution is -0.124. The molecule has 1 amide bonds. The van der Waals surface area contributed by atoms with Crippen LogP contribution in [0.2, 0.25) is 0 Å². The van der Waals surface area contributed by atoms with E-state index in [1.54, 1.807) is 7.05 Å². The highest BCUT2D eigenvalue weighted by atomic mass is 16.1. The fourth-order valence-corrected chi connectivity index (χ4v) is 1.01. The van der Waals surface area contributed by atoms with Crippen LogP contribution >= 0.6 is 0 Å². The molecule has 0 aliphatic heterocycles. The molecule has 0 fully saturated rings. The number of carbonyl (C=O) groups excluding carboxylic acids is 1. The molecule has 0 spiro atoms. The molecular formula is C8H18N2O. The molecule has 0 radical (unpaired) electrons. The van der Waals surface area contributed by atoms with Gasteiger partial charge < -0.3 is 11.1 Å². The van der Waals surface area contributed by atoms with Crippen LogP contribution < -0.4 is 11.1 Å². The summed E-state index contributed by atoms with van der Waals surface area (Å²) in [6, 6.07) is 0. The fraction of sp³-hybridized carbons (Fsp3) is 0.875. The molecule has 0 bridgehead atoms. The third kappa shape index (κ3) is 3.98. The molecule has 0 heterocycles. The Balaban J connectivity index is 3.65. The van der Waals surface area contributed by atoms with E-state index in [4.69, 9.17) is 5.73 Å². The molecule has 3 N–H and O–H groups in total. The van der Waals surface area contributed by atoms with E-state index in [1.165, 1.54) is 0 Å². The molecule has 0 saturated carbocycles. The first-order chi connectivity index (χ1) is 5.26. The molecule has 0 aromatic heterocycles. The minimum Gasteiger partial charge on any atom is -0.359 e. The van der Waals surface area contributed by atoms with Crippen LogP contribution in [0.4, 0.5) is 0 Å². The van der Waals surface area contributed by atoms with Gasteiger partial charge in [-0.3, -0.25) is 4.79 Å². The predicted octanol–water partition coefficient (Wildman–Crippen LogP) is 0.497. The van der Waals surface area contributed by atoms with Crippen LogP contribution in [-0.4, -0.2) is 19.5 Å². The van der Waals surface area contributed by atoms with Crippen LogP contribution in [0, 0.1) is 5.92 Å². The average Bonchev–Trinajstić information content (AvgIpc) is 2.05. The molecule has 0 aromatic rings. The summed E-state index contributed by atoms with van der Waals surface area (Å²) in [5, 5.41) is 2.61. The lowest BCUT2D eigenvalue weighted by atomic mass is 10.0. The van der Waals surface area contributed by atoms with E-state index in [0.717, 1.165) is 19.3 Å². The van der Waals surface area contributed by atoms with Gasteiger partial charge in [-0.2, -0.15) is 0 Å². The Morgan fingerprint density at radius 2 is 2.27 bits per heavy atom. The van der Waals surface area contributed by atoms with Crippen LogP contribution in [0.1, 0.15) is 26.2 Å². The third-order valence-electron chi connectivity index (χ3n) is 1.81. The molecule has 3 heteroatoms. The maximum Gasteiger partial charge on any atom is 0.224 e. The molecule has 1 atom stereocenters. The van der Waals surface area contributed by atoms with Gasteiger partial charge >= 0.3 is 0 Å². The first kappa shape index (κ1) is 10.4. The van der Waals surface area contributed by atoms with Crippen molar-refractivity contribution >= 4 is 5.91 Å². The number of hydrogen-bond donors (Lipinski definition) is 2. The zero-order chi connectivity index (χ0) is 8.69. The smallest absolute Gasteiger partial charge is 0.224 e. The molecule has 0 rings (SSSR count). The number of rotatable bonds is 5. The van der Waals surface area contributed by atoms with E-state index in [-0.39, 0.29) is 11.8 Å². The van der Waals surface area contributed by atoms with E-state index >= 15 is 0 Å². The van der Waals surface area contributed by atoms with Crippen LogP contribution in [-0.2, 0) is 4.79 Å². The van der Waals surface area contributed by atoms with Crippen molar-refractivity contribution in [1.29, 1.82) is 0 Å². The first-order valence-electron chi connectivity index (χ1n) is 4.17. The molecule has 66 valence electrons. The van der Waals surface area contributed by atoms with Crippen LogP contribution in [0.5, 0.6) is 0 Å². The predicted molar refractivity (Wildman–Crippen MR) is 46.1 cm³/mol. The Labute approximate surface area is 68.3 Å². The summed E-state index contributed by atoms with van der Waals surface area (Å²) >= 11 is 0. The Hall–Kier alpha value is -0.570. The summed E-state index contributed by atoms with van der Waals surface area (Å²) in [4.78, 5) is 11.1. The number of carbonyl (C=O) groups is 1. The van der Waals surface area contributed by atoms with Crippen molar-refractivity contribution in [3.8, 4) is 0 Å². The number of nitrogens with one attached hydrogen (secondary N) is 1. The minimum atomic E-state index is 0.0138. The summed E-state index contributed by atoms with van der Waals surface area (Å²) in [7, 11) is 1.65. The van der Waals surface area contributed by atoms with Crippen molar-refractivity contribution in [2.24, 2.45) is 11.7 Å². The van der Waals surface area contributed by atoms with Crippen LogP contribution in [0.3, 0.4) is 0 Å². The Morgan fingerprint density at radius 3 is 2.64 bits per heavy atom. The van der Waals surface area contributed by atoms with E-state index in [2.05, 4.69) is 12.2 Å². The fourth-order valence-electron chi connectivity index (χ4n) is 1.01. The molecule has 0 aliphatic rings. The lowest BCUT2D eigenvalue weighted by Gasteiger charge is -2.11. The highest BCUT2D eigenvalue weighted by Crippen LogP contribution is 2.06. The number of hydrogen-bond acceptors (Lipinski definition) is 2. The largest absolute Gasteiger partial charge is 0.359 e. The van der Waals surface area contributed by atoms with Crippen LogP contribution in [0.15, 0.2) is 0 Å². The van der Waals surface area contributed by atoms with Gasteiger partial charge in [-0.15, -0.1) is 0 Å². The molecule has 3 nitrogen and oxygen atoms in total. The second-order valence-corrected chi connectivity index (χ2v) is 2.69. The third-order valence-corrected chi connectivity index (χ3v) is 1.81. The maximum absolute atomic E-state index is 11.1. The molecule has 0 aromatic carbocycles. The van der Waals surface area contributed by atoms with Gasteiger partial charge in [0.1, 0.15) is 0 Å². The van der Waals surface area contributed by atoms with Gasteiger partial charge in [-0.05, 0) is 6.42 Å². The summed E-state index contributed by atoms with van der Waals surface area (Å²) < 4.78 is 0. The molecule has 11 heavy (non-hydrogen) atoms. The van der Waals surface area contributed by atoms with Gasteiger partial charge in [0.25, 0.3) is 0 Å². The standard InChI is InChI=1S/C8H18N2O/c1-3-4-5-7(6-9)8(11)10-2/h7H,3-6,9H2,1-2H3,(H,10,11). The van der Waals surface area contributed by atoms with E-state index in [9.17, 15) is 4.79 Å². The van der Waals surface area contributed by atoms with Crippen molar-refractivity contribution in [3.05, 3.63) is 0 Å². The quantitative estimate of drug-likeness (QED) is 0.612. The van der Waals surface area contributed by atoms with E-state index in [1.807, 2.05) is 0 Å². The first-order valence-corrected chi connectivity index (χ1v) is 4.17. The molecule has 1 unspecified atom stereocenters. The van der Waals surface area contributed by atoms with Gasteiger partial charge in [-0.1, -0.05) is 19.8 Å². The lowest BCUT2D eigenvalue weighted by Crippen LogP contribution is -2.32. The zero-order valence-electron chi connectivity index (χ0n) is 7.39.